The van der Waals surface area contributed by atoms with Gasteiger partial charge in [0.15, 0.2) is 29.4 Å². The van der Waals surface area contributed by atoms with Crippen molar-refractivity contribution in [3.63, 3.8) is 0 Å². The molecule has 2 aromatic rings. The number of hydrogen-bond donors (Lipinski definition) is 6. The van der Waals surface area contributed by atoms with Crippen LogP contribution in [0.3, 0.4) is 0 Å². The number of ether oxygens (including phenoxy) is 4. The lowest BCUT2D eigenvalue weighted by molar-refractivity contribution is -0.134. The minimum Gasteiger partial charge on any atom is -0.451 e. The number of sulfonamides is 1. The maximum absolute atomic E-state index is 14.6. The van der Waals surface area contributed by atoms with E-state index in [2.05, 4.69) is 15.0 Å². The van der Waals surface area contributed by atoms with Gasteiger partial charge in [-0.1, -0.05) is 0 Å². The number of halogens is 2. The van der Waals surface area contributed by atoms with Crippen LogP contribution in [0.25, 0.3) is 6.08 Å². The lowest BCUT2D eigenvalue weighted by atomic mass is 10.1. The summed E-state index contributed by atoms with van der Waals surface area (Å²) in [6.07, 6.45) is -1.48. The molecule has 8 N–H and O–H groups in total. The normalized spacial score (nSPS) is 13.1. The second-order valence-electron chi connectivity index (χ2n) is 9.77. The van der Waals surface area contributed by atoms with Crippen LogP contribution in [0.1, 0.15) is 19.4 Å². The summed E-state index contributed by atoms with van der Waals surface area (Å²) >= 11 is 0. The maximum Gasteiger partial charge on any atom is 0.275 e. The molecule has 0 unspecified atom stereocenters. The molecular weight excluding hydrogens is 648 g/mol. The number of nitrogens with two attached hydrogens (primary N) is 2. The summed E-state index contributed by atoms with van der Waals surface area (Å²) in [6, 6.07) is 6.75. The number of nitrogens with zero attached hydrogens (tertiary/aromatic N) is 1. The first-order chi connectivity index (χ1) is 22.2. The van der Waals surface area contributed by atoms with Crippen LogP contribution >= 0.6 is 0 Å². The number of guanidine groups is 1. The number of rotatable bonds is 20. The Morgan fingerprint density at radius 2 is 1.47 bits per heavy atom. The van der Waals surface area contributed by atoms with Gasteiger partial charge in [-0.3, -0.25) is 9.59 Å². The molecular formula is C29H39F2N5O10S. The van der Waals surface area contributed by atoms with E-state index in [-0.39, 0.29) is 74.5 Å². The molecule has 0 aromatic heterocycles. The van der Waals surface area contributed by atoms with Crippen molar-refractivity contribution in [1.29, 1.82) is 0 Å². The molecule has 0 saturated heterocycles. The van der Waals surface area contributed by atoms with Gasteiger partial charge >= 0.3 is 0 Å². The molecule has 0 heterocycles. The standard InChI is InChI=1S/C29H39F2N5O10S/c1-18(27(39)36-29(32)33)15-20-16-23(30)26(24(31)17-20)46-21-3-5-22(6-4-21)47(41,42)35-8-10-44-12-14-45-13-11-43-9-7-34-28(40)25(38)19(2)37/h3-6,15-17,19,25,35,37-38H,7-14H2,1-2H3,(H,34,40)(H4,32,33,36,39)/b18-15+/t19-,25+/m0/s1. The Bertz CT molecular complexity index is 1480. The molecule has 2 amide bonds. The third-order valence-corrected chi connectivity index (χ3v) is 7.36. The Labute approximate surface area is 270 Å². The first-order valence-corrected chi connectivity index (χ1v) is 15.7. The predicted molar refractivity (Wildman–Crippen MR) is 166 cm³/mol. The lowest BCUT2D eigenvalue weighted by Gasteiger charge is -2.13. The molecule has 0 saturated carbocycles. The van der Waals surface area contributed by atoms with Crippen molar-refractivity contribution in [2.45, 2.75) is 31.0 Å². The second-order valence-corrected chi connectivity index (χ2v) is 11.5. The average molecular weight is 688 g/mol. The maximum atomic E-state index is 14.6. The number of hydrogen-bond acceptors (Lipinski definition) is 10. The molecule has 0 spiro atoms. The SMILES string of the molecule is C/C(=C\c1cc(F)c(Oc2ccc(S(=O)(=O)NCCOCCOCCOCCNC(=O)[C@H](O)[C@H](C)O)cc2)c(F)c1)C(=O)N=C(N)N. The van der Waals surface area contributed by atoms with E-state index in [1.807, 2.05) is 0 Å². The number of aliphatic imine (C=N–C) groups is 1. The van der Waals surface area contributed by atoms with Crippen molar-refractivity contribution in [1.82, 2.24) is 10.0 Å². The van der Waals surface area contributed by atoms with Crippen LogP contribution in [0.2, 0.25) is 0 Å². The smallest absolute Gasteiger partial charge is 0.275 e. The van der Waals surface area contributed by atoms with Gasteiger partial charge in [0.05, 0.1) is 50.6 Å². The summed E-state index contributed by atoms with van der Waals surface area (Å²) in [5.74, 6) is -4.81. The summed E-state index contributed by atoms with van der Waals surface area (Å²) in [5.41, 5.74) is 10.4. The Kier molecular flexibility index (Phi) is 16.3. The van der Waals surface area contributed by atoms with Crippen molar-refractivity contribution >= 4 is 33.9 Å². The van der Waals surface area contributed by atoms with Crippen molar-refractivity contribution < 1.29 is 55.9 Å². The molecule has 0 bridgehead atoms. The van der Waals surface area contributed by atoms with Crippen LogP contribution in [0.5, 0.6) is 11.5 Å². The fraction of sp³-hybridized carbons (Fsp3) is 0.414. The van der Waals surface area contributed by atoms with Crippen molar-refractivity contribution in [3.8, 4) is 11.5 Å². The highest BCUT2D eigenvalue weighted by molar-refractivity contribution is 7.89. The quantitative estimate of drug-likeness (QED) is 0.0472. The molecule has 2 atom stereocenters. The van der Waals surface area contributed by atoms with Gasteiger partial charge in [0.2, 0.25) is 10.0 Å². The monoisotopic (exact) mass is 687 g/mol. The van der Waals surface area contributed by atoms with Crippen LogP contribution in [0.4, 0.5) is 8.78 Å². The number of amides is 2. The Morgan fingerprint density at radius 3 is 2.00 bits per heavy atom. The Balaban J connectivity index is 1.70. The molecule has 0 aliphatic rings. The van der Waals surface area contributed by atoms with Crippen molar-refractivity contribution in [2.24, 2.45) is 16.5 Å². The number of aliphatic hydroxyl groups excluding tert-OH is 2. The molecule has 2 rings (SSSR count). The van der Waals surface area contributed by atoms with Gasteiger partial charge in [0.1, 0.15) is 5.75 Å². The molecule has 0 aliphatic carbocycles. The van der Waals surface area contributed by atoms with Crippen molar-refractivity contribution in [2.75, 3.05) is 52.7 Å². The van der Waals surface area contributed by atoms with Crippen molar-refractivity contribution in [3.05, 3.63) is 59.2 Å². The van der Waals surface area contributed by atoms with Gasteiger partial charge in [-0.25, -0.2) is 21.9 Å². The zero-order chi connectivity index (χ0) is 35.0. The lowest BCUT2D eigenvalue weighted by Crippen LogP contribution is -2.42. The Morgan fingerprint density at radius 1 is 0.936 bits per heavy atom. The molecule has 0 radical (unpaired) electrons. The van der Waals surface area contributed by atoms with E-state index in [1.54, 1.807) is 0 Å². The number of carbonyl (C=O) groups is 2. The third kappa shape index (κ3) is 14.1. The first kappa shape index (κ1) is 39.1. The second kappa shape index (κ2) is 19.6. The largest absolute Gasteiger partial charge is 0.451 e. The number of nitrogens with one attached hydrogen (secondary N) is 2. The molecule has 15 nitrogen and oxygen atoms in total. The summed E-state index contributed by atoms with van der Waals surface area (Å²) in [7, 11) is -3.92. The van der Waals surface area contributed by atoms with Crippen LogP contribution in [-0.2, 0) is 33.8 Å². The van der Waals surface area contributed by atoms with E-state index in [9.17, 15) is 31.9 Å². The number of aliphatic hydroxyl groups is 2. The van der Waals surface area contributed by atoms with Crippen LogP contribution < -0.4 is 26.2 Å². The highest BCUT2D eigenvalue weighted by Gasteiger charge is 2.19. The molecule has 47 heavy (non-hydrogen) atoms. The zero-order valence-electron chi connectivity index (χ0n) is 25.8. The van der Waals surface area contributed by atoms with Gasteiger partial charge in [-0.05, 0) is 61.9 Å². The van der Waals surface area contributed by atoms with Gasteiger partial charge in [-0.15, -0.1) is 0 Å². The van der Waals surface area contributed by atoms with E-state index < -0.39 is 57.4 Å². The fourth-order valence-electron chi connectivity index (χ4n) is 3.53. The zero-order valence-corrected chi connectivity index (χ0v) is 26.6. The van der Waals surface area contributed by atoms with Gasteiger partial charge < -0.3 is 45.9 Å². The van der Waals surface area contributed by atoms with Gasteiger partial charge in [0.25, 0.3) is 11.8 Å². The average Bonchev–Trinajstić information content (AvgIpc) is 3.00. The molecule has 18 heteroatoms. The van der Waals surface area contributed by atoms with Gasteiger partial charge in [-0.2, -0.15) is 4.99 Å². The Hall–Kier alpha value is -4.04. The number of carbonyl (C=O) groups excluding carboxylic acids is 2. The van der Waals surface area contributed by atoms with E-state index in [0.29, 0.717) is 0 Å². The van der Waals surface area contributed by atoms with E-state index in [0.717, 1.165) is 12.1 Å². The van der Waals surface area contributed by atoms with E-state index in [1.165, 1.54) is 44.2 Å². The molecule has 2 aromatic carbocycles. The predicted octanol–water partition coefficient (Wildman–Crippen LogP) is 0.146. The minimum atomic E-state index is -3.92. The topological polar surface area (TPSA) is 234 Å². The molecule has 260 valence electrons. The van der Waals surface area contributed by atoms with Gasteiger partial charge in [0, 0.05) is 18.7 Å². The van der Waals surface area contributed by atoms with Crippen LogP contribution in [0.15, 0.2) is 51.9 Å². The third-order valence-electron chi connectivity index (χ3n) is 5.88. The highest BCUT2D eigenvalue weighted by atomic mass is 32.2. The fourth-order valence-corrected chi connectivity index (χ4v) is 4.54. The van der Waals surface area contributed by atoms with E-state index in [4.69, 9.17) is 35.5 Å². The molecule has 0 fully saturated rings. The first-order valence-electron chi connectivity index (χ1n) is 14.2. The highest BCUT2D eigenvalue weighted by Crippen LogP contribution is 2.30. The summed E-state index contributed by atoms with van der Waals surface area (Å²) in [5, 5.41) is 20.9. The molecule has 0 aliphatic heterocycles. The summed E-state index contributed by atoms with van der Waals surface area (Å²) in [6.45, 7) is 3.96. The summed E-state index contributed by atoms with van der Waals surface area (Å²) in [4.78, 5) is 26.5. The minimum absolute atomic E-state index is 0.0204. The van der Waals surface area contributed by atoms with Crippen LogP contribution in [-0.4, -0.2) is 101 Å². The van der Waals surface area contributed by atoms with Crippen LogP contribution in [0, 0.1) is 11.6 Å². The summed E-state index contributed by atoms with van der Waals surface area (Å²) < 4.78 is 78.0. The number of benzene rings is 2. The van der Waals surface area contributed by atoms with E-state index >= 15 is 0 Å².